The van der Waals surface area contributed by atoms with Crippen LogP contribution in [0.3, 0.4) is 0 Å². The molecule has 37 heavy (non-hydrogen) atoms. The average molecular weight is 520 g/mol. The third-order valence-corrected chi connectivity index (χ3v) is 6.47. The van der Waals surface area contributed by atoms with Crippen LogP contribution >= 0.6 is 11.8 Å². The van der Waals surface area contributed by atoms with Gasteiger partial charge in [-0.05, 0) is 77.4 Å². The molecule has 0 bridgehead atoms. The summed E-state index contributed by atoms with van der Waals surface area (Å²) in [5, 5.41) is 1.42. The van der Waals surface area contributed by atoms with Crippen molar-refractivity contribution in [2.24, 2.45) is 0 Å². The van der Waals surface area contributed by atoms with Crippen LogP contribution in [-0.4, -0.2) is 43.7 Å². The summed E-state index contributed by atoms with van der Waals surface area (Å²) in [6, 6.07) is 12.5. The van der Waals surface area contributed by atoms with E-state index in [0.717, 1.165) is 17.3 Å². The van der Waals surface area contributed by atoms with E-state index in [4.69, 9.17) is 18.9 Å². The molecule has 190 valence electrons. The van der Waals surface area contributed by atoms with Crippen molar-refractivity contribution in [3.8, 4) is 17.2 Å². The van der Waals surface area contributed by atoms with Gasteiger partial charge in [0.1, 0.15) is 28.3 Å². The van der Waals surface area contributed by atoms with E-state index in [1.807, 2.05) is 12.2 Å². The Morgan fingerprint density at radius 2 is 1.76 bits per heavy atom. The molecular weight excluding hydrogens is 494 g/mol. The number of benzene rings is 2. The zero-order valence-corrected chi connectivity index (χ0v) is 21.3. The van der Waals surface area contributed by atoms with Gasteiger partial charge in [-0.15, -0.1) is 0 Å². The van der Waals surface area contributed by atoms with Gasteiger partial charge in [-0.1, -0.05) is 24.3 Å². The number of amides is 2. The van der Waals surface area contributed by atoms with Gasteiger partial charge in [0.15, 0.2) is 0 Å². The number of imide groups is 1. The number of hydrogen-bond donors (Lipinski definition) is 1. The Balaban J connectivity index is 1.54. The number of allylic oxidation sites excluding steroid dienone is 4. The van der Waals surface area contributed by atoms with Gasteiger partial charge in [-0.3, -0.25) is 14.9 Å². The molecule has 1 aliphatic heterocycles. The zero-order chi connectivity index (χ0) is 26.4. The highest BCUT2D eigenvalue weighted by Gasteiger charge is 2.30. The first-order valence-electron chi connectivity index (χ1n) is 11.3. The monoisotopic (exact) mass is 519 g/mol. The fraction of sp³-hybridized carbons (Fsp3) is 0.179. The van der Waals surface area contributed by atoms with E-state index in [-0.39, 0.29) is 11.1 Å². The van der Waals surface area contributed by atoms with Crippen molar-refractivity contribution in [2.45, 2.75) is 11.7 Å². The summed E-state index contributed by atoms with van der Waals surface area (Å²) in [7, 11) is 4.45. The van der Waals surface area contributed by atoms with Crippen molar-refractivity contribution < 1.29 is 33.3 Å². The third-order valence-electron chi connectivity index (χ3n) is 5.55. The summed E-state index contributed by atoms with van der Waals surface area (Å²) < 4.78 is 21.7. The minimum atomic E-state index is -0.521. The maximum absolute atomic E-state index is 12.7. The topological polar surface area (TPSA) is 100 Å². The largest absolute Gasteiger partial charge is 0.497 e. The second kappa shape index (κ2) is 11.7. The first-order valence-corrected chi connectivity index (χ1v) is 12.2. The molecule has 0 saturated carbocycles. The number of esters is 1. The first kappa shape index (κ1) is 25.8. The molecule has 2 aliphatic rings. The number of ether oxygens (including phenoxy) is 4. The Morgan fingerprint density at radius 1 is 1.00 bits per heavy atom. The minimum absolute atomic E-state index is 0.305. The average Bonchev–Trinajstić information content (AvgIpc) is 3.23. The molecule has 1 aliphatic carbocycles. The van der Waals surface area contributed by atoms with Crippen LogP contribution in [0.4, 0.5) is 4.79 Å². The molecule has 0 spiro atoms. The number of carbonyl (C=O) groups excluding carboxylic acids is 3. The molecule has 1 saturated heterocycles. The van der Waals surface area contributed by atoms with Crippen LogP contribution in [0.1, 0.15) is 17.5 Å². The van der Waals surface area contributed by atoms with Gasteiger partial charge in [0.25, 0.3) is 5.24 Å². The molecule has 2 amide bonds. The molecule has 2 aromatic rings. The highest BCUT2D eigenvalue weighted by atomic mass is 32.2. The molecule has 8 nitrogen and oxygen atoms in total. The number of carbonyl (C=O) groups is 3. The number of nitrogens with one attached hydrogen (secondary N) is 1. The maximum atomic E-state index is 12.7. The van der Waals surface area contributed by atoms with Crippen LogP contribution in [0.15, 0.2) is 78.1 Å². The van der Waals surface area contributed by atoms with E-state index in [9.17, 15) is 14.4 Å². The number of rotatable bonds is 8. The van der Waals surface area contributed by atoms with E-state index in [2.05, 4.69) is 5.32 Å². The van der Waals surface area contributed by atoms with E-state index in [0.29, 0.717) is 46.1 Å². The molecular formula is C28H25NO7S. The Hall–Kier alpha value is -4.24. The van der Waals surface area contributed by atoms with Gasteiger partial charge < -0.3 is 18.9 Å². The Labute approximate surface area is 218 Å². The fourth-order valence-corrected chi connectivity index (χ4v) is 4.53. The molecule has 0 aromatic heterocycles. The number of thioether (sulfide) groups is 1. The van der Waals surface area contributed by atoms with Gasteiger partial charge in [0, 0.05) is 6.07 Å². The van der Waals surface area contributed by atoms with E-state index in [1.54, 1.807) is 74.9 Å². The molecule has 1 heterocycles. The zero-order valence-electron chi connectivity index (χ0n) is 20.5. The molecule has 2 aromatic carbocycles. The lowest BCUT2D eigenvalue weighted by Gasteiger charge is -2.13. The normalized spacial score (nSPS) is 18.4. The Morgan fingerprint density at radius 3 is 2.35 bits per heavy atom. The van der Waals surface area contributed by atoms with Crippen molar-refractivity contribution >= 4 is 40.5 Å². The van der Waals surface area contributed by atoms with Crippen molar-refractivity contribution in [1.82, 2.24) is 5.32 Å². The smallest absolute Gasteiger partial charge is 0.338 e. The van der Waals surface area contributed by atoms with Crippen LogP contribution in [0, 0.1) is 0 Å². The lowest BCUT2D eigenvalue weighted by atomic mass is 10.0. The summed E-state index contributed by atoms with van der Waals surface area (Å²) in [4.78, 5) is 35.8. The van der Waals surface area contributed by atoms with Gasteiger partial charge in [-0.2, -0.15) is 0 Å². The van der Waals surface area contributed by atoms with E-state index < -0.39 is 11.2 Å². The molecule has 1 N–H and O–H groups in total. The Kier molecular flexibility index (Phi) is 8.15. The lowest BCUT2D eigenvalue weighted by molar-refractivity contribution is -0.133. The first-order chi connectivity index (χ1) is 17.9. The highest BCUT2D eigenvalue weighted by molar-refractivity contribution is 8.15. The maximum Gasteiger partial charge on any atom is 0.338 e. The summed E-state index contributed by atoms with van der Waals surface area (Å²) in [6.07, 6.45) is 9.56. The molecule has 1 unspecified atom stereocenters. The molecule has 1 atom stereocenters. The summed E-state index contributed by atoms with van der Waals surface area (Å²) in [6.45, 7) is 0. The highest BCUT2D eigenvalue weighted by Crippen LogP contribution is 2.30. The van der Waals surface area contributed by atoms with Gasteiger partial charge >= 0.3 is 5.97 Å². The van der Waals surface area contributed by atoms with Crippen LogP contribution in [0.5, 0.6) is 17.2 Å². The Bertz CT molecular complexity index is 1330. The molecule has 9 heteroatoms. The molecule has 0 radical (unpaired) electrons. The second-order valence-electron chi connectivity index (χ2n) is 8.03. The SMILES string of the molecule is COC(=O)/C(=C/c1cc(OC)cc(OC)c1)c1cccc(OC2=CC/C(=C/C3SC(=O)NC3=O)C=C2)c1. The van der Waals surface area contributed by atoms with E-state index >= 15 is 0 Å². The molecule has 1 fully saturated rings. The van der Waals surface area contributed by atoms with Gasteiger partial charge in [0.05, 0.1) is 26.9 Å². The summed E-state index contributed by atoms with van der Waals surface area (Å²) in [5.74, 6) is 1.54. The van der Waals surface area contributed by atoms with Crippen LogP contribution < -0.4 is 19.5 Å². The summed E-state index contributed by atoms with van der Waals surface area (Å²) in [5.41, 5.74) is 2.56. The standard InChI is InChI=1S/C28H25NO7S/c1-33-22-11-18(12-23(16-22)34-2)13-24(27(31)35-3)19-5-4-6-21(15-19)36-20-9-7-17(8-10-20)14-25-26(30)29-28(32)37-25/h4-7,9-16,25H,8H2,1-3H3,(H,29,30,32)/b17-14+,24-13+. The van der Waals surface area contributed by atoms with Crippen molar-refractivity contribution in [3.63, 3.8) is 0 Å². The third kappa shape index (κ3) is 6.50. The number of hydrogen-bond acceptors (Lipinski definition) is 8. The van der Waals surface area contributed by atoms with Crippen LogP contribution in [0.2, 0.25) is 0 Å². The van der Waals surface area contributed by atoms with Gasteiger partial charge in [-0.25, -0.2) is 4.79 Å². The van der Waals surface area contributed by atoms with Crippen molar-refractivity contribution in [1.29, 1.82) is 0 Å². The van der Waals surface area contributed by atoms with Crippen LogP contribution in [0.25, 0.3) is 11.6 Å². The van der Waals surface area contributed by atoms with Crippen LogP contribution in [-0.2, 0) is 14.3 Å². The fourth-order valence-electron chi connectivity index (χ4n) is 3.73. The van der Waals surface area contributed by atoms with Crippen molar-refractivity contribution in [2.75, 3.05) is 21.3 Å². The quantitative estimate of drug-likeness (QED) is 0.298. The molecule has 4 rings (SSSR count). The van der Waals surface area contributed by atoms with Crippen molar-refractivity contribution in [3.05, 3.63) is 89.2 Å². The van der Waals surface area contributed by atoms with E-state index in [1.165, 1.54) is 7.11 Å². The lowest BCUT2D eigenvalue weighted by Crippen LogP contribution is -2.23. The predicted molar refractivity (Wildman–Crippen MR) is 141 cm³/mol. The minimum Gasteiger partial charge on any atom is -0.497 e. The van der Waals surface area contributed by atoms with Gasteiger partial charge in [0.2, 0.25) is 5.91 Å². The second-order valence-corrected chi connectivity index (χ2v) is 9.14. The predicted octanol–water partition coefficient (Wildman–Crippen LogP) is 4.92. The summed E-state index contributed by atoms with van der Waals surface area (Å²) >= 11 is 0.965. The number of methoxy groups -OCH3 is 3.